The summed E-state index contributed by atoms with van der Waals surface area (Å²) in [5.41, 5.74) is 6.96. The quantitative estimate of drug-likeness (QED) is 0.204. The van der Waals surface area contributed by atoms with Crippen LogP contribution in [0.1, 0.15) is 78.8 Å². The van der Waals surface area contributed by atoms with Gasteiger partial charge in [-0.2, -0.15) is 5.26 Å². The molecule has 7 nitrogen and oxygen atoms in total. The van der Waals surface area contributed by atoms with Crippen molar-refractivity contribution in [1.82, 2.24) is 25.0 Å². The van der Waals surface area contributed by atoms with Crippen molar-refractivity contribution in [1.29, 1.82) is 5.26 Å². The lowest BCUT2D eigenvalue weighted by Crippen LogP contribution is -2.12. The third kappa shape index (κ3) is 5.54. The van der Waals surface area contributed by atoms with Gasteiger partial charge in [-0.3, -0.25) is 9.97 Å². The van der Waals surface area contributed by atoms with E-state index >= 15 is 0 Å². The maximum absolute atomic E-state index is 10.0. The van der Waals surface area contributed by atoms with Crippen molar-refractivity contribution in [2.45, 2.75) is 58.5 Å². The first-order chi connectivity index (χ1) is 19.4. The van der Waals surface area contributed by atoms with Gasteiger partial charge in [0.05, 0.1) is 33.5 Å². The number of fused-ring (bicyclic) bond motifs is 1. The van der Waals surface area contributed by atoms with Crippen LogP contribution in [0.25, 0.3) is 10.9 Å². The summed E-state index contributed by atoms with van der Waals surface area (Å²) < 4.78 is 1.88. The number of anilines is 1. The fourth-order valence-corrected chi connectivity index (χ4v) is 5.42. The molecule has 0 fully saturated rings. The summed E-state index contributed by atoms with van der Waals surface area (Å²) in [5, 5.41) is 23.9. The maximum Gasteiger partial charge on any atom is 0.103 e. The molecule has 8 heteroatoms. The minimum Gasteiger partial charge on any atom is -0.377 e. The van der Waals surface area contributed by atoms with E-state index in [4.69, 9.17) is 11.6 Å². The van der Waals surface area contributed by atoms with Crippen LogP contribution >= 0.6 is 11.6 Å². The highest BCUT2D eigenvalue weighted by Crippen LogP contribution is 2.37. The van der Waals surface area contributed by atoms with Crippen molar-refractivity contribution in [2.75, 3.05) is 5.32 Å². The first-order valence-corrected chi connectivity index (χ1v) is 13.9. The van der Waals surface area contributed by atoms with Gasteiger partial charge in [-0.1, -0.05) is 60.1 Å². The van der Waals surface area contributed by atoms with Crippen molar-refractivity contribution in [2.24, 2.45) is 0 Å². The highest BCUT2D eigenvalue weighted by molar-refractivity contribution is 6.35. The Balaban J connectivity index is 1.61. The first-order valence-electron chi connectivity index (χ1n) is 13.6. The Morgan fingerprint density at radius 1 is 1.07 bits per heavy atom. The Bertz CT molecular complexity index is 1670. The maximum atomic E-state index is 10.0. The van der Waals surface area contributed by atoms with Crippen LogP contribution in [0.4, 0.5) is 5.69 Å². The summed E-state index contributed by atoms with van der Waals surface area (Å²) in [5.74, 6) is -0.0778. The molecule has 2 aromatic carbocycles. The number of benzene rings is 2. The van der Waals surface area contributed by atoms with Crippen LogP contribution in [0.3, 0.4) is 0 Å². The van der Waals surface area contributed by atoms with E-state index in [1.165, 1.54) is 0 Å². The molecule has 2 atom stereocenters. The van der Waals surface area contributed by atoms with Crippen LogP contribution in [0.5, 0.6) is 0 Å². The van der Waals surface area contributed by atoms with Gasteiger partial charge in [0.1, 0.15) is 6.07 Å². The number of nitrogens with one attached hydrogen (secondary N) is 1. The molecule has 0 aliphatic heterocycles. The molecule has 1 N–H and O–H groups in total. The average molecular weight is 550 g/mol. The fourth-order valence-electron chi connectivity index (χ4n) is 5.13. The molecule has 3 aromatic heterocycles. The van der Waals surface area contributed by atoms with E-state index in [1.54, 1.807) is 12.4 Å². The Morgan fingerprint density at radius 2 is 1.88 bits per heavy atom. The van der Waals surface area contributed by atoms with E-state index < -0.39 is 0 Å². The smallest absolute Gasteiger partial charge is 0.103 e. The van der Waals surface area contributed by atoms with Crippen molar-refractivity contribution < 1.29 is 0 Å². The van der Waals surface area contributed by atoms with Gasteiger partial charge in [-0.05, 0) is 68.5 Å². The lowest BCUT2D eigenvalue weighted by molar-refractivity contribution is 0.514. The number of halogens is 1. The van der Waals surface area contributed by atoms with Crippen LogP contribution in [-0.2, 0) is 6.42 Å². The minimum absolute atomic E-state index is 0.0261. The number of hydrogen-bond acceptors (Lipinski definition) is 6. The van der Waals surface area contributed by atoms with Gasteiger partial charge < -0.3 is 5.32 Å². The summed E-state index contributed by atoms with van der Waals surface area (Å²) in [6, 6.07) is 20.9. The Hall–Kier alpha value is -4.28. The molecule has 3 heterocycles. The van der Waals surface area contributed by atoms with Crippen molar-refractivity contribution in [3.63, 3.8) is 0 Å². The van der Waals surface area contributed by atoms with Gasteiger partial charge in [0.25, 0.3) is 0 Å². The molecular weight excluding hydrogens is 518 g/mol. The normalized spacial score (nSPS) is 12.8. The number of aryl methyl sites for hydroxylation is 1. The number of hydrogen-bond donors (Lipinski definition) is 1. The Morgan fingerprint density at radius 3 is 2.55 bits per heavy atom. The zero-order valence-electron chi connectivity index (χ0n) is 23.1. The summed E-state index contributed by atoms with van der Waals surface area (Å²) in [4.78, 5) is 9.11. The molecule has 0 bridgehead atoms. The first kappa shape index (κ1) is 27.3. The Kier molecular flexibility index (Phi) is 8.09. The van der Waals surface area contributed by atoms with E-state index in [9.17, 15) is 5.26 Å². The van der Waals surface area contributed by atoms with E-state index in [1.807, 2.05) is 48.1 Å². The number of aromatic nitrogens is 5. The highest BCUT2D eigenvalue weighted by atomic mass is 35.5. The van der Waals surface area contributed by atoms with E-state index in [0.717, 1.165) is 45.6 Å². The lowest BCUT2D eigenvalue weighted by atomic mass is 9.88. The number of nitrogens with zero attached hydrogens (tertiary/aromatic N) is 6. The standard InChI is InChI=1S/C32H32ClN7/c1-5-29(23-10-7-6-8-11-23)37-31-24(17-34)18-36-32-27(31)15-22(16-28(32)33)14-26(25-12-9-13-35-21(25)4)30-19-40(20(2)3)39-38-30/h6-13,15-16,18-20,26,29H,5,14H2,1-4H3,(H,36,37)/t26-,29+/m0/s1. The van der Waals surface area contributed by atoms with Gasteiger partial charge >= 0.3 is 0 Å². The number of rotatable bonds is 9. The molecule has 0 amide bonds. The van der Waals surface area contributed by atoms with Gasteiger partial charge in [-0.25, -0.2) is 4.68 Å². The average Bonchev–Trinajstić information content (AvgIpc) is 3.46. The van der Waals surface area contributed by atoms with E-state index in [-0.39, 0.29) is 18.0 Å². The van der Waals surface area contributed by atoms with Crippen molar-refractivity contribution in [3.8, 4) is 6.07 Å². The lowest BCUT2D eigenvalue weighted by Gasteiger charge is -2.22. The molecule has 0 saturated heterocycles. The number of pyridine rings is 2. The molecule has 0 aliphatic rings. The summed E-state index contributed by atoms with van der Waals surface area (Å²) in [7, 11) is 0. The van der Waals surface area contributed by atoms with Gasteiger partial charge in [0.15, 0.2) is 0 Å². The predicted molar refractivity (Wildman–Crippen MR) is 159 cm³/mol. The third-order valence-corrected chi connectivity index (χ3v) is 7.60. The fraction of sp³-hybridized carbons (Fsp3) is 0.281. The van der Waals surface area contributed by atoms with E-state index in [2.05, 4.69) is 76.7 Å². The molecule has 5 aromatic rings. The zero-order valence-corrected chi connectivity index (χ0v) is 23.9. The summed E-state index contributed by atoms with van der Waals surface area (Å²) >= 11 is 6.85. The molecule has 40 heavy (non-hydrogen) atoms. The second-order valence-electron chi connectivity index (χ2n) is 10.3. The molecule has 0 unspecified atom stereocenters. The Labute approximate surface area is 239 Å². The monoisotopic (exact) mass is 549 g/mol. The molecule has 5 rings (SSSR count). The molecule has 0 radical (unpaired) electrons. The minimum atomic E-state index is -0.0778. The predicted octanol–water partition coefficient (Wildman–Crippen LogP) is 7.57. The van der Waals surface area contributed by atoms with Crippen LogP contribution in [0.2, 0.25) is 5.02 Å². The van der Waals surface area contributed by atoms with Crippen LogP contribution < -0.4 is 5.32 Å². The van der Waals surface area contributed by atoms with E-state index in [0.29, 0.717) is 22.5 Å². The van der Waals surface area contributed by atoms with Crippen LogP contribution in [-0.4, -0.2) is 25.0 Å². The third-order valence-electron chi connectivity index (χ3n) is 7.31. The highest BCUT2D eigenvalue weighted by Gasteiger charge is 2.23. The van der Waals surface area contributed by atoms with Crippen LogP contribution in [0, 0.1) is 18.3 Å². The van der Waals surface area contributed by atoms with Crippen molar-refractivity contribution in [3.05, 3.63) is 112 Å². The second-order valence-corrected chi connectivity index (χ2v) is 10.7. The molecule has 202 valence electrons. The second kappa shape index (κ2) is 11.8. The largest absolute Gasteiger partial charge is 0.377 e. The topological polar surface area (TPSA) is 92.3 Å². The summed E-state index contributed by atoms with van der Waals surface area (Å²) in [6.45, 7) is 8.31. The van der Waals surface area contributed by atoms with Crippen LogP contribution in [0.15, 0.2) is 73.2 Å². The SMILES string of the molecule is CC[C@@H](Nc1c(C#N)cnc2c(Cl)cc(C[C@H](c3cn(C(C)C)nn3)c3cccnc3C)cc12)c1ccccc1. The van der Waals surface area contributed by atoms with Crippen molar-refractivity contribution >= 4 is 28.2 Å². The summed E-state index contributed by atoms with van der Waals surface area (Å²) in [6.07, 6.45) is 6.89. The molecule has 0 aliphatic carbocycles. The molecule has 0 spiro atoms. The number of nitriles is 1. The van der Waals surface area contributed by atoms with Gasteiger partial charge in [0, 0.05) is 41.6 Å². The molecular formula is C32H32ClN7. The van der Waals surface area contributed by atoms with Gasteiger partial charge in [-0.15, -0.1) is 5.10 Å². The zero-order chi connectivity index (χ0) is 28.2. The molecule has 0 saturated carbocycles. The van der Waals surface area contributed by atoms with Gasteiger partial charge in [0.2, 0.25) is 0 Å².